The van der Waals surface area contributed by atoms with Crippen molar-refractivity contribution < 1.29 is 16.5 Å². The van der Waals surface area contributed by atoms with E-state index in [9.17, 15) is 0 Å². The Morgan fingerprint density at radius 1 is 1.13 bits per heavy atom. The van der Waals surface area contributed by atoms with Crippen LogP contribution in [0.4, 0.5) is 0 Å². The average Bonchev–Trinajstić information content (AvgIpc) is 2.16. The van der Waals surface area contributed by atoms with Crippen molar-refractivity contribution in [3.8, 4) is 0 Å². The third kappa shape index (κ3) is 5.58. The van der Waals surface area contributed by atoms with Crippen LogP contribution in [0.2, 0.25) is 0 Å². The summed E-state index contributed by atoms with van der Waals surface area (Å²) in [6, 6.07) is 10.4. The minimum atomic E-state index is -2.65. The van der Waals surface area contributed by atoms with Crippen molar-refractivity contribution in [2.24, 2.45) is 0 Å². The number of rotatable bonds is 4. The molecule has 1 rings (SSSR count). The van der Waals surface area contributed by atoms with Gasteiger partial charge >= 0.3 is 115 Å². The average molecular weight is 480 g/mol. The van der Waals surface area contributed by atoms with Crippen LogP contribution in [0.25, 0.3) is 0 Å². The first-order valence-electron chi connectivity index (χ1n) is 4.57. The molecule has 0 amide bonds. The molecule has 1 aromatic rings. The topological polar surface area (TPSA) is 9.23 Å². The zero-order valence-corrected chi connectivity index (χ0v) is 15.9. The summed E-state index contributed by atoms with van der Waals surface area (Å²) in [7, 11) is 0. The van der Waals surface area contributed by atoms with Crippen LogP contribution in [0.15, 0.2) is 30.3 Å². The van der Waals surface area contributed by atoms with Crippen LogP contribution in [-0.4, -0.2) is 6.61 Å². The van der Waals surface area contributed by atoms with Gasteiger partial charge in [0.15, 0.2) is 0 Å². The van der Waals surface area contributed by atoms with Crippen molar-refractivity contribution in [1.82, 2.24) is 0 Å². The van der Waals surface area contributed by atoms with E-state index in [0.29, 0.717) is 6.61 Å². The Labute approximate surface area is 113 Å². The Morgan fingerprint density at radius 2 is 1.67 bits per heavy atom. The molecule has 0 aromatic heterocycles. The molecule has 0 spiro atoms. The van der Waals surface area contributed by atoms with Crippen LogP contribution < -0.4 is 0 Å². The SMILES string of the molecule is CC(C)(C[O][Zr]([Br])([Br])[Br])c1ccccc1. The molecule has 0 saturated carbocycles. The van der Waals surface area contributed by atoms with Crippen LogP contribution in [0.1, 0.15) is 19.4 Å². The predicted octanol–water partition coefficient (Wildman–Crippen LogP) is 4.98. The van der Waals surface area contributed by atoms with E-state index < -0.39 is 13.7 Å². The molecule has 0 aliphatic carbocycles. The van der Waals surface area contributed by atoms with E-state index in [0.717, 1.165) is 0 Å². The monoisotopic (exact) mass is 476 g/mol. The summed E-state index contributed by atoms with van der Waals surface area (Å²) in [6.45, 7) is 5.08. The van der Waals surface area contributed by atoms with E-state index >= 15 is 0 Å². The second-order valence-electron chi connectivity index (χ2n) is 3.98. The van der Waals surface area contributed by atoms with Gasteiger partial charge in [-0.05, 0) is 0 Å². The summed E-state index contributed by atoms with van der Waals surface area (Å²) in [6.07, 6.45) is 0. The van der Waals surface area contributed by atoms with Crippen LogP contribution >= 0.6 is 36.7 Å². The summed E-state index contributed by atoms with van der Waals surface area (Å²) < 4.78 is 5.81. The summed E-state index contributed by atoms with van der Waals surface area (Å²) in [4.78, 5) is 0. The Bertz CT molecular complexity index is 308. The molecule has 0 heterocycles. The van der Waals surface area contributed by atoms with Gasteiger partial charge in [0.25, 0.3) is 0 Å². The molecule has 0 unspecified atom stereocenters. The molecular formula is C10H13Br3OZr. The Hall–Kier alpha value is 1.50. The fourth-order valence-corrected chi connectivity index (χ4v) is 4.56. The molecule has 0 bridgehead atoms. The van der Waals surface area contributed by atoms with Crippen molar-refractivity contribution in [1.29, 1.82) is 0 Å². The zero-order valence-electron chi connectivity index (χ0n) is 8.64. The van der Waals surface area contributed by atoms with Crippen molar-refractivity contribution in [2.75, 3.05) is 6.61 Å². The molecule has 0 aliphatic rings. The Balaban J connectivity index is 2.68. The third-order valence-corrected chi connectivity index (χ3v) is 7.37. The van der Waals surface area contributed by atoms with Crippen molar-refractivity contribution in [2.45, 2.75) is 19.3 Å². The van der Waals surface area contributed by atoms with Crippen LogP contribution in [0.3, 0.4) is 0 Å². The summed E-state index contributed by atoms with van der Waals surface area (Å²) in [5.74, 6) is 0. The minimum absolute atomic E-state index is 0.0404. The summed E-state index contributed by atoms with van der Waals surface area (Å²) in [5, 5.41) is 0. The maximum atomic E-state index is 5.81. The molecule has 5 heteroatoms. The van der Waals surface area contributed by atoms with Crippen LogP contribution in [-0.2, 0) is 21.9 Å². The summed E-state index contributed by atoms with van der Waals surface area (Å²) in [5.41, 5.74) is 1.34. The van der Waals surface area contributed by atoms with Gasteiger partial charge in [0.1, 0.15) is 0 Å². The Morgan fingerprint density at radius 3 is 2.13 bits per heavy atom. The van der Waals surface area contributed by atoms with Gasteiger partial charge in [-0.25, -0.2) is 0 Å². The van der Waals surface area contributed by atoms with Crippen LogP contribution in [0, 0.1) is 0 Å². The molecule has 0 radical (unpaired) electrons. The quantitative estimate of drug-likeness (QED) is 0.591. The molecular weight excluding hydrogens is 467 g/mol. The standard InChI is InChI=1S/C10H13O.3BrH.Zr/c1-10(2,8-11)9-6-4-3-5-7-9;;;;/h3-7H,8H2,1-2H3;3*1H;/q-1;;;;+4/p-3. The normalized spacial score (nSPS) is 12.9. The molecule has 0 saturated heterocycles. The van der Waals surface area contributed by atoms with Gasteiger partial charge in [0, 0.05) is 0 Å². The fourth-order valence-electron chi connectivity index (χ4n) is 1.23. The number of hydrogen-bond donors (Lipinski definition) is 0. The van der Waals surface area contributed by atoms with E-state index in [1.54, 1.807) is 0 Å². The van der Waals surface area contributed by atoms with E-state index in [1.165, 1.54) is 5.56 Å². The van der Waals surface area contributed by atoms with Crippen molar-refractivity contribution in [3.63, 3.8) is 0 Å². The van der Waals surface area contributed by atoms with Crippen molar-refractivity contribution >= 4 is 36.7 Å². The van der Waals surface area contributed by atoms with Gasteiger partial charge in [-0.2, -0.15) is 0 Å². The van der Waals surface area contributed by atoms with E-state index in [2.05, 4.69) is 74.8 Å². The fraction of sp³-hybridized carbons (Fsp3) is 0.400. The van der Waals surface area contributed by atoms with Gasteiger partial charge in [0.2, 0.25) is 0 Å². The molecule has 0 aliphatic heterocycles. The molecule has 0 atom stereocenters. The number of hydrogen-bond acceptors (Lipinski definition) is 1. The molecule has 1 aromatic carbocycles. The van der Waals surface area contributed by atoms with Gasteiger partial charge < -0.3 is 0 Å². The van der Waals surface area contributed by atoms with E-state index in [1.807, 2.05) is 6.07 Å². The van der Waals surface area contributed by atoms with Gasteiger partial charge in [-0.1, -0.05) is 0 Å². The molecule has 0 N–H and O–H groups in total. The van der Waals surface area contributed by atoms with Gasteiger partial charge in [-0.3, -0.25) is 0 Å². The Kier molecular flexibility index (Phi) is 5.73. The zero-order chi connectivity index (χ0) is 11.5. The summed E-state index contributed by atoms with van der Waals surface area (Å²) >= 11 is 7.93. The molecule has 0 fully saturated rings. The molecule has 1 nitrogen and oxygen atoms in total. The number of benzene rings is 1. The second-order valence-corrected chi connectivity index (χ2v) is 45.6. The van der Waals surface area contributed by atoms with Gasteiger partial charge in [0.05, 0.1) is 0 Å². The molecule has 84 valence electrons. The van der Waals surface area contributed by atoms with Crippen LogP contribution in [0.5, 0.6) is 0 Å². The maximum absolute atomic E-state index is 5.81. The van der Waals surface area contributed by atoms with Crippen molar-refractivity contribution in [3.05, 3.63) is 35.9 Å². The van der Waals surface area contributed by atoms with E-state index in [-0.39, 0.29) is 5.41 Å². The third-order valence-electron chi connectivity index (χ3n) is 2.15. The predicted molar refractivity (Wildman–Crippen MR) is 72.2 cm³/mol. The molecule has 15 heavy (non-hydrogen) atoms. The second kappa shape index (κ2) is 5.90. The first kappa shape index (κ1) is 14.6. The number of halogens is 3. The van der Waals surface area contributed by atoms with Gasteiger partial charge in [-0.15, -0.1) is 0 Å². The first-order valence-corrected chi connectivity index (χ1v) is 22.4. The van der Waals surface area contributed by atoms with E-state index in [4.69, 9.17) is 2.81 Å². The first-order chi connectivity index (χ1) is 6.81.